The predicted molar refractivity (Wildman–Crippen MR) is 190 cm³/mol. The van der Waals surface area contributed by atoms with Gasteiger partial charge in [0.05, 0.1) is 23.7 Å². The van der Waals surface area contributed by atoms with Gasteiger partial charge in [-0.05, 0) is 56.2 Å². The van der Waals surface area contributed by atoms with Crippen molar-refractivity contribution in [1.82, 2.24) is 14.5 Å². The van der Waals surface area contributed by atoms with Gasteiger partial charge in [-0.25, -0.2) is 13.2 Å². The van der Waals surface area contributed by atoms with E-state index in [1.165, 1.54) is 40.1 Å². The number of morpholine rings is 1. The molecule has 18 heteroatoms. The minimum atomic E-state index is -3.80. The molecule has 3 aliphatic rings. The normalized spacial score (nSPS) is 25.1. The fraction of sp³-hybridized carbons (Fsp3) is 0.469. The molecule has 0 bridgehead atoms. The Morgan fingerprint density at radius 2 is 1.84 bits per heavy atom. The molecule has 3 fully saturated rings. The number of carbonyl (C=O) groups excluding carboxylic acids is 2. The lowest BCUT2D eigenvalue weighted by molar-refractivity contribution is -0.146. The summed E-state index contributed by atoms with van der Waals surface area (Å²) in [6.45, 7) is 5.78. The summed E-state index contributed by atoms with van der Waals surface area (Å²) in [6, 6.07) is 8.35. The Morgan fingerprint density at radius 3 is 2.54 bits per heavy atom. The van der Waals surface area contributed by atoms with Crippen LogP contribution in [0, 0.1) is 6.92 Å². The molecule has 6 atom stereocenters. The zero-order valence-electron chi connectivity index (χ0n) is 27.1. The first-order chi connectivity index (χ1) is 23.7. The van der Waals surface area contributed by atoms with Crippen molar-refractivity contribution >= 4 is 73.6 Å². The number of amides is 2. The Bertz CT molecular complexity index is 1880. The maximum absolute atomic E-state index is 12.7. The summed E-state index contributed by atoms with van der Waals surface area (Å²) in [4.78, 5) is 40.5. The smallest absolute Gasteiger partial charge is 0.336 e. The Hall–Kier alpha value is -3.00. The van der Waals surface area contributed by atoms with Crippen molar-refractivity contribution in [2.24, 2.45) is 0 Å². The number of hydrogen-bond acceptors (Lipinski definition) is 13. The van der Waals surface area contributed by atoms with Gasteiger partial charge in [0.2, 0.25) is 21.8 Å². The number of carbonyl (C=O) groups is 2. The van der Waals surface area contributed by atoms with Gasteiger partial charge in [-0.15, -0.1) is 23.1 Å². The summed E-state index contributed by atoms with van der Waals surface area (Å²) in [5.74, 6) is 0.159. The van der Waals surface area contributed by atoms with Crippen LogP contribution in [0.25, 0.3) is 17.0 Å². The number of hydrogen-bond donors (Lipinski definition) is 4. The number of nitrogens with one attached hydrogen (secondary N) is 1. The second-order valence-corrected chi connectivity index (χ2v) is 16.3. The van der Waals surface area contributed by atoms with E-state index < -0.39 is 51.5 Å². The van der Waals surface area contributed by atoms with Crippen molar-refractivity contribution < 1.29 is 47.2 Å². The summed E-state index contributed by atoms with van der Waals surface area (Å²) in [7, 11) is -3.80. The molecule has 50 heavy (non-hydrogen) atoms. The summed E-state index contributed by atoms with van der Waals surface area (Å²) < 4.78 is 43.6. The Balaban J connectivity index is 0.000000200. The van der Waals surface area contributed by atoms with Crippen molar-refractivity contribution in [3.63, 3.8) is 0 Å². The number of aliphatic hydroxyl groups excluding tert-OH is 3. The summed E-state index contributed by atoms with van der Waals surface area (Å²) >= 11 is 8.29. The standard InChI is InChI=1S/C17H22ClN3O5S2.C15H16O6S/c1-12(16(22)20-7-9-26-10-8-20)21-6-4-14(17(21)23)19-28(24,25)11-5-13-2-3-15(18)27-13;1-7-4-12(17)21-11-5-8(2-3-9(7)11)20-15-14(19)13(18)10(16)6-22-15/h2-3,5,11-12,14,19H,4,6-10H2,1H3;2-5,10,13-16,18-19H,6H2,1H3/b11-5+;/t12-,14-;10-,13+,14-,15-/m01/s1. The number of thioether (sulfide) groups is 1. The highest BCUT2D eigenvalue weighted by Crippen LogP contribution is 2.31. The Labute approximate surface area is 301 Å². The van der Waals surface area contributed by atoms with E-state index >= 15 is 0 Å². The zero-order valence-corrected chi connectivity index (χ0v) is 30.3. The first kappa shape index (κ1) is 38.2. The largest absolute Gasteiger partial charge is 0.477 e. The fourth-order valence-corrected chi connectivity index (χ4v) is 8.78. The molecule has 14 nitrogen and oxygen atoms in total. The maximum atomic E-state index is 12.7. The van der Waals surface area contributed by atoms with Crippen LogP contribution in [0.5, 0.6) is 5.75 Å². The van der Waals surface area contributed by atoms with Crippen molar-refractivity contribution in [2.75, 3.05) is 38.6 Å². The fourth-order valence-electron chi connectivity index (χ4n) is 5.58. The molecule has 4 N–H and O–H groups in total. The van der Waals surface area contributed by atoms with Crippen LogP contribution in [-0.4, -0.2) is 120 Å². The average molecular weight is 772 g/mol. The van der Waals surface area contributed by atoms with Gasteiger partial charge >= 0.3 is 5.63 Å². The molecule has 0 radical (unpaired) electrons. The second kappa shape index (κ2) is 16.6. The van der Waals surface area contributed by atoms with Gasteiger partial charge in [0.15, 0.2) is 5.44 Å². The molecular formula is C32H38ClN3O11S3. The van der Waals surface area contributed by atoms with Gasteiger partial charge in [0.1, 0.15) is 35.6 Å². The van der Waals surface area contributed by atoms with Crippen LogP contribution < -0.4 is 15.1 Å². The van der Waals surface area contributed by atoms with E-state index in [1.807, 2.05) is 6.92 Å². The average Bonchev–Trinajstić information content (AvgIpc) is 3.67. The summed E-state index contributed by atoms with van der Waals surface area (Å²) in [5, 5.41) is 31.0. The SMILES string of the molecule is C[C@@H](C(=O)N1CCOCC1)N1CC[C@H](NS(=O)(=O)/C=C/c2ccc(Cl)s2)C1=O.Cc1cc(=O)oc2cc(O[C@@H]3SC[C@@H](O)[C@H](O)[C@H]3O)ccc12. The maximum Gasteiger partial charge on any atom is 0.336 e. The number of aryl methyl sites for hydroxylation is 1. The van der Waals surface area contributed by atoms with Crippen LogP contribution in [0.1, 0.15) is 23.8 Å². The van der Waals surface area contributed by atoms with Gasteiger partial charge in [-0.2, -0.15) is 4.72 Å². The van der Waals surface area contributed by atoms with E-state index in [-0.39, 0.29) is 17.6 Å². The first-order valence-corrected chi connectivity index (χ1v) is 19.5. The number of rotatable bonds is 8. The third-order valence-corrected chi connectivity index (χ3v) is 11.9. The monoisotopic (exact) mass is 771 g/mol. The second-order valence-electron chi connectivity index (χ2n) is 11.9. The van der Waals surface area contributed by atoms with Crippen molar-refractivity contribution in [3.8, 4) is 5.75 Å². The van der Waals surface area contributed by atoms with Gasteiger partial charge in [0.25, 0.3) is 0 Å². The van der Waals surface area contributed by atoms with Crippen molar-refractivity contribution in [2.45, 2.75) is 56.1 Å². The highest BCUT2D eigenvalue weighted by molar-refractivity contribution is 7.99. The number of thiophene rings is 1. The number of benzene rings is 1. The lowest BCUT2D eigenvalue weighted by atomic mass is 10.1. The minimum Gasteiger partial charge on any atom is -0.477 e. The van der Waals surface area contributed by atoms with E-state index in [1.54, 1.807) is 42.2 Å². The summed E-state index contributed by atoms with van der Waals surface area (Å²) in [6.07, 6.45) is -1.67. The molecule has 3 aromatic rings. The van der Waals surface area contributed by atoms with Gasteiger partial charge in [-0.3, -0.25) is 9.59 Å². The lowest BCUT2D eigenvalue weighted by Gasteiger charge is -2.34. The van der Waals surface area contributed by atoms with Crippen LogP contribution in [-0.2, 0) is 24.3 Å². The van der Waals surface area contributed by atoms with Gasteiger partial charge in [-0.1, -0.05) is 11.6 Å². The highest BCUT2D eigenvalue weighted by Gasteiger charge is 2.40. The molecule has 2 aromatic heterocycles. The molecule has 6 rings (SSSR count). The third-order valence-electron chi connectivity index (χ3n) is 8.33. The predicted octanol–water partition coefficient (Wildman–Crippen LogP) is 1.78. The molecular weight excluding hydrogens is 734 g/mol. The molecule has 5 heterocycles. The van der Waals surface area contributed by atoms with Gasteiger partial charge < -0.3 is 39.0 Å². The quantitative estimate of drug-likeness (QED) is 0.243. The van der Waals surface area contributed by atoms with E-state index in [2.05, 4.69) is 4.72 Å². The molecule has 0 aliphatic carbocycles. The number of ether oxygens (including phenoxy) is 2. The molecule has 3 aliphatic heterocycles. The number of halogens is 1. The van der Waals surface area contributed by atoms with Gasteiger partial charge in [0, 0.05) is 53.2 Å². The minimum absolute atomic E-state index is 0.144. The van der Waals surface area contributed by atoms with Crippen LogP contribution >= 0.6 is 34.7 Å². The van der Waals surface area contributed by atoms with Crippen LogP contribution in [0.3, 0.4) is 0 Å². The van der Waals surface area contributed by atoms with Crippen LogP contribution in [0.15, 0.2) is 51.0 Å². The van der Waals surface area contributed by atoms with Crippen LogP contribution in [0.2, 0.25) is 4.34 Å². The number of likely N-dealkylation sites (tertiary alicyclic amines) is 1. The van der Waals surface area contributed by atoms with E-state index in [0.29, 0.717) is 59.8 Å². The van der Waals surface area contributed by atoms with Crippen molar-refractivity contribution in [3.05, 3.63) is 67.0 Å². The third kappa shape index (κ3) is 9.45. The zero-order chi connectivity index (χ0) is 36.2. The van der Waals surface area contributed by atoms with E-state index in [4.69, 9.17) is 25.5 Å². The molecule has 0 saturated carbocycles. The first-order valence-electron chi connectivity index (χ1n) is 15.7. The number of aliphatic hydroxyl groups is 3. The molecule has 2 amide bonds. The number of nitrogens with zero attached hydrogens (tertiary/aromatic N) is 2. The topological polar surface area (TPSA) is 196 Å². The number of sulfonamides is 1. The van der Waals surface area contributed by atoms with Crippen molar-refractivity contribution in [1.29, 1.82) is 0 Å². The van der Waals surface area contributed by atoms with E-state index in [9.17, 15) is 38.1 Å². The lowest BCUT2D eigenvalue weighted by Crippen LogP contribution is -2.52. The molecule has 0 unspecified atom stereocenters. The highest BCUT2D eigenvalue weighted by atomic mass is 35.5. The Kier molecular flexibility index (Phi) is 12.7. The molecule has 3 saturated heterocycles. The van der Waals surface area contributed by atoms with Crippen LogP contribution in [0.4, 0.5) is 0 Å². The molecule has 1 aromatic carbocycles. The Morgan fingerprint density at radius 1 is 1.10 bits per heavy atom. The number of fused-ring (bicyclic) bond motifs is 1. The molecule has 272 valence electrons. The molecule has 0 spiro atoms. The summed E-state index contributed by atoms with van der Waals surface area (Å²) in [5.41, 5.74) is 0.0713. The van der Waals surface area contributed by atoms with E-state index in [0.717, 1.165) is 16.4 Å².